The molecular weight excluding hydrogens is 262 g/mol. The minimum atomic E-state index is 0.558. The molecule has 4 heteroatoms. The van der Waals surface area contributed by atoms with E-state index in [4.69, 9.17) is 10.3 Å². The molecule has 0 spiro atoms. The van der Waals surface area contributed by atoms with Crippen LogP contribution in [0.25, 0.3) is 22.8 Å². The molecule has 3 aromatic rings. The van der Waals surface area contributed by atoms with Crippen LogP contribution in [0.15, 0.2) is 47.0 Å². The zero-order valence-electron chi connectivity index (χ0n) is 11.5. The summed E-state index contributed by atoms with van der Waals surface area (Å²) in [5.41, 5.74) is 11.2. The molecule has 1 aromatic heterocycles. The lowest BCUT2D eigenvalue weighted by Crippen LogP contribution is -1.87. The Morgan fingerprint density at radius 2 is 1.86 bits per heavy atom. The maximum atomic E-state index is 5.79. The lowest BCUT2D eigenvalue weighted by molar-refractivity contribution is 0.432. The first-order chi connectivity index (χ1) is 10.3. The van der Waals surface area contributed by atoms with Gasteiger partial charge in [0.05, 0.1) is 0 Å². The van der Waals surface area contributed by atoms with Crippen LogP contribution in [0.4, 0.5) is 5.69 Å². The van der Waals surface area contributed by atoms with E-state index in [-0.39, 0.29) is 0 Å². The maximum Gasteiger partial charge on any atom is 0.258 e. The molecule has 0 bridgehead atoms. The molecule has 1 aliphatic rings. The lowest BCUT2D eigenvalue weighted by atomic mass is 10.1. The van der Waals surface area contributed by atoms with Crippen LogP contribution in [0, 0.1) is 0 Å². The lowest BCUT2D eigenvalue weighted by Gasteiger charge is -2.00. The molecule has 0 saturated heterocycles. The fourth-order valence-corrected chi connectivity index (χ4v) is 2.84. The Morgan fingerprint density at radius 3 is 2.76 bits per heavy atom. The molecular formula is C17H15N3O. The smallest absolute Gasteiger partial charge is 0.258 e. The highest BCUT2D eigenvalue weighted by atomic mass is 16.5. The van der Waals surface area contributed by atoms with Gasteiger partial charge in [0.2, 0.25) is 5.82 Å². The van der Waals surface area contributed by atoms with Gasteiger partial charge in [-0.2, -0.15) is 4.98 Å². The van der Waals surface area contributed by atoms with Crippen LogP contribution in [0.3, 0.4) is 0 Å². The average molecular weight is 277 g/mol. The second-order valence-corrected chi connectivity index (χ2v) is 5.39. The number of rotatable bonds is 2. The van der Waals surface area contributed by atoms with Crippen LogP contribution in [0.5, 0.6) is 0 Å². The van der Waals surface area contributed by atoms with E-state index in [1.165, 1.54) is 24.0 Å². The molecule has 104 valence electrons. The minimum absolute atomic E-state index is 0.558. The summed E-state index contributed by atoms with van der Waals surface area (Å²) < 4.78 is 5.40. The Bertz CT molecular complexity index is 807. The zero-order valence-corrected chi connectivity index (χ0v) is 11.5. The van der Waals surface area contributed by atoms with E-state index in [1.54, 1.807) is 0 Å². The van der Waals surface area contributed by atoms with Gasteiger partial charge in [0.15, 0.2) is 0 Å². The van der Waals surface area contributed by atoms with Gasteiger partial charge in [0.1, 0.15) is 0 Å². The van der Waals surface area contributed by atoms with Crippen LogP contribution in [-0.4, -0.2) is 10.1 Å². The number of nitrogens with two attached hydrogens (primary N) is 1. The summed E-state index contributed by atoms with van der Waals surface area (Å²) in [7, 11) is 0. The van der Waals surface area contributed by atoms with Gasteiger partial charge in [-0.15, -0.1) is 0 Å². The number of hydrogen-bond donors (Lipinski definition) is 1. The van der Waals surface area contributed by atoms with Crippen molar-refractivity contribution in [2.45, 2.75) is 19.3 Å². The van der Waals surface area contributed by atoms with Gasteiger partial charge in [0.25, 0.3) is 5.89 Å². The van der Waals surface area contributed by atoms with E-state index in [2.05, 4.69) is 28.3 Å². The van der Waals surface area contributed by atoms with Crippen molar-refractivity contribution >= 4 is 5.69 Å². The van der Waals surface area contributed by atoms with Crippen molar-refractivity contribution in [1.82, 2.24) is 10.1 Å². The summed E-state index contributed by atoms with van der Waals surface area (Å²) in [6.45, 7) is 0. The molecule has 0 radical (unpaired) electrons. The fraction of sp³-hybridized carbons (Fsp3) is 0.176. The Kier molecular flexibility index (Phi) is 2.74. The molecule has 1 heterocycles. The fourth-order valence-electron chi connectivity index (χ4n) is 2.84. The van der Waals surface area contributed by atoms with E-state index >= 15 is 0 Å². The normalized spacial score (nSPS) is 13.3. The van der Waals surface area contributed by atoms with Crippen LogP contribution >= 0.6 is 0 Å². The number of anilines is 1. The predicted octanol–water partition coefficient (Wildman–Crippen LogP) is 3.47. The number of aryl methyl sites for hydroxylation is 2. The highest BCUT2D eigenvalue weighted by Crippen LogP contribution is 2.28. The standard InChI is InChI=1S/C17H15N3O/c18-15-6-2-5-13(10-15)16-19-17(21-20-16)14-8-7-11-3-1-4-12(11)9-14/h2,5-10H,1,3-4,18H2. The second kappa shape index (κ2) is 4.74. The van der Waals surface area contributed by atoms with E-state index in [0.717, 1.165) is 17.5 Å². The molecule has 0 atom stereocenters. The van der Waals surface area contributed by atoms with Crippen LogP contribution < -0.4 is 5.73 Å². The minimum Gasteiger partial charge on any atom is -0.399 e. The topological polar surface area (TPSA) is 64.9 Å². The SMILES string of the molecule is Nc1cccc(-c2noc(-c3ccc4c(c3)CCC4)n2)c1. The van der Waals surface area contributed by atoms with Crippen molar-refractivity contribution < 1.29 is 4.52 Å². The van der Waals surface area contributed by atoms with Crippen molar-refractivity contribution in [1.29, 1.82) is 0 Å². The number of fused-ring (bicyclic) bond motifs is 1. The Morgan fingerprint density at radius 1 is 0.952 bits per heavy atom. The van der Waals surface area contributed by atoms with Crippen molar-refractivity contribution in [2.24, 2.45) is 0 Å². The second-order valence-electron chi connectivity index (χ2n) is 5.39. The molecule has 0 aliphatic heterocycles. The summed E-state index contributed by atoms with van der Waals surface area (Å²) in [5.74, 6) is 1.12. The van der Waals surface area contributed by atoms with Gasteiger partial charge in [0, 0.05) is 16.8 Å². The van der Waals surface area contributed by atoms with Gasteiger partial charge in [-0.05, 0) is 54.7 Å². The van der Waals surface area contributed by atoms with Crippen LogP contribution in [0.1, 0.15) is 17.5 Å². The summed E-state index contributed by atoms with van der Waals surface area (Å²) >= 11 is 0. The number of nitrogens with zero attached hydrogens (tertiary/aromatic N) is 2. The summed E-state index contributed by atoms with van der Waals surface area (Å²) in [5, 5.41) is 4.06. The number of aromatic nitrogens is 2. The predicted molar refractivity (Wildman–Crippen MR) is 81.6 cm³/mol. The van der Waals surface area contributed by atoms with Gasteiger partial charge in [-0.1, -0.05) is 23.4 Å². The number of benzene rings is 2. The number of hydrogen-bond acceptors (Lipinski definition) is 4. The highest BCUT2D eigenvalue weighted by Gasteiger charge is 2.15. The third kappa shape index (κ3) is 2.18. The molecule has 0 saturated carbocycles. The molecule has 4 nitrogen and oxygen atoms in total. The average Bonchev–Trinajstić information content (AvgIpc) is 3.15. The largest absolute Gasteiger partial charge is 0.399 e. The monoisotopic (exact) mass is 277 g/mol. The van der Waals surface area contributed by atoms with E-state index in [0.29, 0.717) is 17.4 Å². The van der Waals surface area contributed by atoms with E-state index < -0.39 is 0 Å². The highest BCUT2D eigenvalue weighted by molar-refractivity contribution is 5.64. The van der Waals surface area contributed by atoms with Crippen molar-refractivity contribution in [2.75, 3.05) is 5.73 Å². The van der Waals surface area contributed by atoms with Gasteiger partial charge in [-0.25, -0.2) is 0 Å². The third-order valence-electron chi connectivity index (χ3n) is 3.92. The molecule has 0 unspecified atom stereocenters. The maximum absolute atomic E-state index is 5.79. The van der Waals surface area contributed by atoms with Crippen LogP contribution in [0.2, 0.25) is 0 Å². The Hall–Kier alpha value is -2.62. The molecule has 0 fully saturated rings. The number of nitrogen functional groups attached to an aromatic ring is 1. The first-order valence-corrected chi connectivity index (χ1v) is 7.11. The van der Waals surface area contributed by atoms with Gasteiger partial charge < -0.3 is 10.3 Å². The van der Waals surface area contributed by atoms with E-state index in [1.807, 2.05) is 24.3 Å². The zero-order chi connectivity index (χ0) is 14.2. The molecule has 2 N–H and O–H groups in total. The molecule has 2 aromatic carbocycles. The Labute approximate surface area is 122 Å². The Balaban J connectivity index is 1.71. The molecule has 21 heavy (non-hydrogen) atoms. The van der Waals surface area contributed by atoms with E-state index in [9.17, 15) is 0 Å². The van der Waals surface area contributed by atoms with Crippen molar-refractivity contribution in [3.8, 4) is 22.8 Å². The molecule has 0 amide bonds. The molecule has 4 rings (SSSR count). The summed E-state index contributed by atoms with van der Waals surface area (Å²) in [4.78, 5) is 4.48. The third-order valence-corrected chi connectivity index (χ3v) is 3.92. The van der Waals surface area contributed by atoms with Crippen molar-refractivity contribution in [3.05, 3.63) is 53.6 Å². The van der Waals surface area contributed by atoms with Crippen LogP contribution in [-0.2, 0) is 12.8 Å². The molecule has 1 aliphatic carbocycles. The summed E-state index contributed by atoms with van der Waals surface area (Å²) in [6, 6.07) is 13.9. The van der Waals surface area contributed by atoms with Gasteiger partial charge in [-0.3, -0.25) is 0 Å². The quantitative estimate of drug-likeness (QED) is 0.728. The van der Waals surface area contributed by atoms with Crippen molar-refractivity contribution in [3.63, 3.8) is 0 Å². The summed E-state index contributed by atoms with van der Waals surface area (Å²) in [6.07, 6.45) is 3.55. The first kappa shape index (κ1) is 12.1. The van der Waals surface area contributed by atoms with Gasteiger partial charge >= 0.3 is 0 Å². The first-order valence-electron chi connectivity index (χ1n) is 7.11.